The van der Waals surface area contributed by atoms with Gasteiger partial charge in [-0.25, -0.2) is 9.79 Å². The van der Waals surface area contributed by atoms with E-state index in [0.29, 0.717) is 25.2 Å². The number of hydrogen-bond donors (Lipinski definition) is 1. The summed E-state index contributed by atoms with van der Waals surface area (Å²) in [5, 5.41) is 2.99. The Balaban J connectivity index is 1.80. The third-order valence-electron chi connectivity index (χ3n) is 4.33. The second kappa shape index (κ2) is 6.17. The second-order valence-corrected chi connectivity index (χ2v) is 7.82. The molecule has 2 aliphatic heterocycles. The molecule has 1 N–H and O–H groups in total. The van der Waals surface area contributed by atoms with E-state index in [1.807, 2.05) is 52.0 Å². The van der Waals surface area contributed by atoms with Crippen molar-refractivity contribution >= 4 is 17.7 Å². The highest BCUT2D eigenvalue weighted by Crippen LogP contribution is 2.28. The smallest absolute Gasteiger partial charge is 0.410 e. The molecule has 2 amide bonds. The molecule has 1 aromatic rings. The lowest BCUT2D eigenvalue weighted by Gasteiger charge is -2.38. The Morgan fingerprint density at radius 3 is 2.60 bits per heavy atom. The normalized spacial score (nSPS) is 23.4. The van der Waals surface area contributed by atoms with Gasteiger partial charge in [0.15, 0.2) is 5.66 Å². The molecule has 2 heterocycles. The fourth-order valence-electron chi connectivity index (χ4n) is 3.18. The number of ether oxygens (including phenoxy) is 1. The summed E-state index contributed by atoms with van der Waals surface area (Å²) < 4.78 is 5.46. The number of amides is 2. The molecule has 6 nitrogen and oxygen atoms in total. The van der Waals surface area contributed by atoms with Crippen LogP contribution in [0.15, 0.2) is 29.3 Å². The summed E-state index contributed by atoms with van der Waals surface area (Å²) in [6, 6.07) is 7.73. The highest BCUT2D eigenvalue weighted by molar-refractivity contribution is 6.46. The molecule has 6 heteroatoms. The van der Waals surface area contributed by atoms with Crippen LogP contribution in [-0.2, 0) is 9.53 Å². The van der Waals surface area contributed by atoms with Crippen molar-refractivity contribution in [2.75, 3.05) is 13.1 Å². The first-order valence-corrected chi connectivity index (χ1v) is 8.65. The van der Waals surface area contributed by atoms with Crippen molar-refractivity contribution in [3.8, 4) is 0 Å². The van der Waals surface area contributed by atoms with Gasteiger partial charge in [-0.3, -0.25) is 4.79 Å². The zero-order valence-electron chi connectivity index (χ0n) is 15.3. The van der Waals surface area contributed by atoms with Crippen LogP contribution in [0.3, 0.4) is 0 Å². The van der Waals surface area contributed by atoms with Crippen molar-refractivity contribution in [1.82, 2.24) is 10.2 Å². The molecule has 1 unspecified atom stereocenters. The maximum absolute atomic E-state index is 12.5. The van der Waals surface area contributed by atoms with Crippen LogP contribution >= 0.6 is 0 Å². The van der Waals surface area contributed by atoms with E-state index in [1.54, 1.807) is 4.90 Å². The number of likely N-dealkylation sites (tertiary alicyclic amines) is 1. The molecule has 1 spiro atoms. The standard InChI is InChI=1S/C19H25N3O3/c1-13-6-8-14(9-7-13)15-16(23)21-19(20-15)10-5-11-22(12-19)17(24)25-18(2,3)4/h6-9H,5,10-12H2,1-4H3,(H,21,23). The van der Waals surface area contributed by atoms with Crippen LogP contribution in [0.5, 0.6) is 0 Å². The average Bonchev–Trinajstić information content (AvgIpc) is 2.82. The van der Waals surface area contributed by atoms with Crippen molar-refractivity contribution in [2.24, 2.45) is 4.99 Å². The van der Waals surface area contributed by atoms with E-state index in [1.165, 1.54) is 0 Å². The van der Waals surface area contributed by atoms with Gasteiger partial charge < -0.3 is 15.0 Å². The second-order valence-electron chi connectivity index (χ2n) is 7.82. The van der Waals surface area contributed by atoms with Gasteiger partial charge in [-0.2, -0.15) is 0 Å². The monoisotopic (exact) mass is 343 g/mol. The molecule has 3 rings (SSSR count). The minimum Gasteiger partial charge on any atom is -0.444 e. The zero-order chi connectivity index (χ0) is 18.2. The molecule has 1 aromatic carbocycles. The number of nitrogens with one attached hydrogen (secondary N) is 1. The molecule has 0 aromatic heterocycles. The van der Waals surface area contributed by atoms with E-state index in [2.05, 4.69) is 5.32 Å². The van der Waals surface area contributed by atoms with Crippen molar-refractivity contribution in [1.29, 1.82) is 0 Å². The highest BCUT2D eigenvalue weighted by Gasteiger charge is 2.44. The number of rotatable bonds is 1. The van der Waals surface area contributed by atoms with E-state index >= 15 is 0 Å². The average molecular weight is 343 g/mol. The number of aryl methyl sites for hydroxylation is 1. The predicted molar refractivity (Wildman–Crippen MR) is 95.6 cm³/mol. The first-order valence-electron chi connectivity index (χ1n) is 8.65. The SMILES string of the molecule is Cc1ccc(C2=NC3(CCCN(C(=O)OC(C)(C)C)C3)NC2=O)cc1. The molecule has 0 radical (unpaired) electrons. The van der Waals surface area contributed by atoms with Crippen LogP contribution < -0.4 is 5.32 Å². The van der Waals surface area contributed by atoms with Gasteiger partial charge in [0.05, 0.1) is 6.54 Å². The van der Waals surface area contributed by atoms with Gasteiger partial charge in [0, 0.05) is 12.1 Å². The topological polar surface area (TPSA) is 71.0 Å². The molecule has 134 valence electrons. The van der Waals surface area contributed by atoms with E-state index < -0.39 is 11.3 Å². The molecular formula is C19H25N3O3. The first-order chi connectivity index (χ1) is 11.7. The Kier molecular flexibility index (Phi) is 4.31. The van der Waals surface area contributed by atoms with E-state index in [-0.39, 0.29) is 12.0 Å². The third kappa shape index (κ3) is 3.83. The molecule has 1 saturated heterocycles. The zero-order valence-corrected chi connectivity index (χ0v) is 15.3. The van der Waals surface area contributed by atoms with Crippen LogP contribution in [0, 0.1) is 6.92 Å². The van der Waals surface area contributed by atoms with Crippen molar-refractivity contribution in [3.05, 3.63) is 35.4 Å². The number of nitrogens with zero attached hydrogens (tertiary/aromatic N) is 2. The van der Waals surface area contributed by atoms with E-state index in [9.17, 15) is 9.59 Å². The number of piperidine rings is 1. The lowest BCUT2D eigenvalue weighted by Crippen LogP contribution is -2.56. The fourth-order valence-corrected chi connectivity index (χ4v) is 3.18. The summed E-state index contributed by atoms with van der Waals surface area (Å²) in [5.74, 6) is -0.185. The Hall–Kier alpha value is -2.37. The summed E-state index contributed by atoms with van der Waals surface area (Å²) in [6.45, 7) is 8.48. The minimum atomic E-state index is -0.744. The molecular weight excluding hydrogens is 318 g/mol. The summed E-state index contributed by atoms with van der Waals surface area (Å²) >= 11 is 0. The fraction of sp³-hybridized carbons (Fsp3) is 0.526. The van der Waals surface area contributed by atoms with Crippen LogP contribution in [0.4, 0.5) is 4.79 Å². The lowest BCUT2D eigenvalue weighted by molar-refractivity contribution is -0.115. The van der Waals surface area contributed by atoms with E-state index in [4.69, 9.17) is 9.73 Å². The van der Waals surface area contributed by atoms with Gasteiger partial charge in [-0.15, -0.1) is 0 Å². The van der Waals surface area contributed by atoms with Crippen LogP contribution in [-0.4, -0.2) is 47.0 Å². The number of aliphatic imine (C=N–C) groups is 1. The Bertz CT molecular complexity index is 718. The minimum absolute atomic E-state index is 0.185. The maximum atomic E-state index is 12.5. The summed E-state index contributed by atoms with van der Waals surface area (Å²) in [5.41, 5.74) is 1.08. The number of carbonyl (C=O) groups excluding carboxylic acids is 2. The van der Waals surface area contributed by atoms with Crippen LogP contribution in [0.25, 0.3) is 0 Å². The van der Waals surface area contributed by atoms with Crippen molar-refractivity contribution in [3.63, 3.8) is 0 Å². The van der Waals surface area contributed by atoms with Gasteiger partial charge in [-0.1, -0.05) is 29.8 Å². The number of carbonyl (C=O) groups is 2. The van der Waals surface area contributed by atoms with Gasteiger partial charge in [-0.05, 0) is 40.5 Å². The molecule has 0 bridgehead atoms. The quantitative estimate of drug-likeness (QED) is 0.852. The molecule has 2 aliphatic rings. The Labute approximate surface area is 148 Å². The van der Waals surface area contributed by atoms with E-state index in [0.717, 1.165) is 17.5 Å². The largest absolute Gasteiger partial charge is 0.444 e. The van der Waals surface area contributed by atoms with Crippen molar-refractivity contribution < 1.29 is 14.3 Å². The highest BCUT2D eigenvalue weighted by atomic mass is 16.6. The van der Waals surface area contributed by atoms with Crippen molar-refractivity contribution in [2.45, 2.75) is 51.8 Å². The predicted octanol–water partition coefficient (Wildman–Crippen LogP) is 2.64. The molecule has 0 aliphatic carbocycles. The summed E-state index contributed by atoms with van der Waals surface area (Å²) in [6.07, 6.45) is 1.12. The molecule has 1 atom stereocenters. The Morgan fingerprint density at radius 2 is 1.96 bits per heavy atom. The van der Waals surface area contributed by atoms with Gasteiger partial charge in [0.2, 0.25) is 0 Å². The lowest BCUT2D eigenvalue weighted by atomic mass is 10.00. The van der Waals surface area contributed by atoms with Gasteiger partial charge in [0.1, 0.15) is 11.3 Å². The molecule has 25 heavy (non-hydrogen) atoms. The molecule has 1 fully saturated rings. The molecule has 0 saturated carbocycles. The summed E-state index contributed by atoms with van der Waals surface area (Å²) in [7, 11) is 0. The van der Waals surface area contributed by atoms with Gasteiger partial charge in [0.25, 0.3) is 5.91 Å². The van der Waals surface area contributed by atoms with Crippen LogP contribution in [0.2, 0.25) is 0 Å². The van der Waals surface area contributed by atoms with Gasteiger partial charge >= 0.3 is 6.09 Å². The van der Waals surface area contributed by atoms with Crippen LogP contribution in [0.1, 0.15) is 44.7 Å². The number of hydrogen-bond acceptors (Lipinski definition) is 4. The maximum Gasteiger partial charge on any atom is 0.410 e. The Morgan fingerprint density at radius 1 is 1.28 bits per heavy atom. The number of benzene rings is 1. The third-order valence-corrected chi connectivity index (χ3v) is 4.33. The summed E-state index contributed by atoms with van der Waals surface area (Å²) in [4.78, 5) is 31.2. The first kappa shape index (κ1) is 17.5.